The smallest absolute Gasteiger partial charge is 0.338 e. The zero-order valence-corrected chi connectivity index (χ0v) is 13.0. The number of carbonyl (C=O) groups excluding carboxylic acids is 1. The Morgan fingerprint density at radius 2 is 2.09 bits per heavy atom. The van der Waals surface area contributed by atoms with E-state index >= 15 is 0 Å². The highest BCUT2D eigenvalue weighted by molar-refractivity contribution is 7.16. The number of aryl methyl sites for hydroxylation is 1. The van der Waals surface area contributed by atoms with Gasteiger partial charge in [-0.05, 0) is 30.7 Å². The highest BCUT2D eigenvalue weighted by Crippen LogP contribution is 2.13. The molecular weight excluding hydrogens is 318 g/mol. The molecule has 8 heteroatoms. The Kier molecular flexibility index (Phi) is 4.07. The molecule has 23 heavy (non-hydrogen) atoms. The normalized spacial score (nSPS) is 10.8. The number of hydrogen-bond acceptors (Lipinski definition) is 7. The molecule has 3 aromatic rings. The number of hydrogen-bond donors (Lipinski definition) is 1. The van der Waals surface area contributed by atoms with Crippen LogP contribution in [0.3, 0.4) is 0 Å². The van der Waals surface area contributed by atoms with Crippen molar-refractivity contribution in [3.8, 4) is 5.75 Å². The van der Waals surface area contributed by atoms with Gasteiger partial charge < -0.3 is 9.84 Å². The molecular formula is C15H13N3O4S. The predicted octanol–water partition coefficient (Wildman–Crippen LogP) is 1.78. The molecule has 0 bridgehead atoms. The lowest BCUT2D eigenvalue weighted by atomic mass is 10.2. The first-order valence-electron chi connectivity index (χ1n) is 6.91. The van der Waals surface area contributed by atoms with Gasteiger partial charge in [0.2, 0.25) is 4.96 Å². The number of fused-ring (bicyclic) bond motifs is 1. The number of aromatic nitrogens is 3. The number of carbonyl (C=O) groups is 1. The highest BCUT2D eigenvalue weighted by Gasteiger charge is 2.11. The zero-order valence-electron chi connectivity index (χ0n) is 12.2. The minimum Gasteiger partial charge on any atom is -0.508 e. The van der Waals surface area contributed by atoms with E-state index in [1.165, 1.54) is 46.2 Å². The molecule has 2 aromatic heterocycles. The number of aromatic hydroxyl groups is 1. The molecule has 7 nitrogen and oxygen atoms in total. The number of phenolic OH excluding ortho intramolecular Hbond substituents is 1. The summed E-state index contributed by atoms with van der Waals surface area (Å²) < 4.78 is 6.39. The number of phenols is 1. The largest absolute Gasteiger partial charge is 0.508 e. The molecule has 0 aliphatic rings. The maximum absolute atomic E-state index is 12.0. The summed E-state index contributed by atoms with van der Waals surface area (Å²) >= 11 is 1.33. The van der Waals surface area contributed by atoms with Crippen LogP contribution in [-0.2, 0) is 17.8 Å². The van der Waals surface area contributed by atoms with E-state index in [1.54, 1.807) is 0 Å². The summed E-state index contributed by atoms with van der Waals surface area (Å²) in [6.07, 6.45) is 0.721. The average Bonchev–Trinajstić information content (AvgIpc) is 2.97. The summed E-state index contributed by atoms with van der Waals surface area (Å²) in [6, 6.07) is 7.02. The van der Waals surface area contributed by atoms with Crippen LogP contribution in [0.4, 0.5) is 0 Å². The van der Waals surface area contributed by atoms with Gasteiger partial charge in [-0.1, -0.05) is 18.3 Å². The fraction of sp³-hybridized carbons (Fsp3) is 0.200. The maximum Gasteiger partial charge on any atom is 0.338 e. The van der Waals surface area contributed by atoms with Gasteiger partial charge in [-0.25, -0.2) is 9.78 Å². The summed E-state index contributed by atoms with van der Waals surface area (Å²) in [5, 5.41) is 14.2. The minimum absolute atomic E-state index is 0.0682. The molecule has 118 valence electrons. The van der Waals surface area contributed by atoms with Crippen molar-refractivity contribution in [2.24, 2.45) is 0 Å². The van der Waals surface area contributed by atoms with Crippen molar-refractivity contribution in [2.75, 3.05) is 0 Å². The minimum atomic E-state index is -0.550. The van der Waals surface area contributed by atoms with Crippen LogP contribution in [0.15, 0.2) is 35.1 Å². The molecule has 0 spiro atoms. The number of esters is 1. The van der Waals surface area contributed by atoms with Crippen molar-refractivity contribution in [1.82, 2.24) is 14.6 Å². The van der Waals surface area contributed by atoms with Gasteiger partial charge in [0.1, 0.15) is 17.4 Å². The fourth-order valence-electron chi connectivity index (χ4n) is 1.93. The molecule has 2 heterocycles. The van der Waals surface area contributed by atoms with E-state index in [0.29, 0.717) is 16.2 Å². The Morgan fingerprint density at radius 3 is 2.78 bits per heavy atom. The first kappa shape index (κ1) is 15.2. The average molecular weight is 331 g/mol. The lowest BCUT2D eigenvalue weighted by Crippen LogP contribution is -2.16. The van der Waals surface area contributed by atoms with Crippen LogP contribution in [-0.4, -0.2) is 25.7 Å². The number of nitrogens with zero attached hydrogens (tertiary/aromatic N) is 3. The number of benzene rings is 1. The second-order valence-corrected chi connectivity index (χ2v) is 5.79. The van der Waals surface area contributed by atoms with Crippen molar-refractivity contribution in [3.63, 3.8) is 0 Å². The van der Waals surface area contributed by atoms with Gasteiger partial charge >= 0.3 is 5.97 Å². The molecule has 1 N–H and O–H groups in total. The second-order valence-electron chi connectivity index (χ2n) is 4.75. The first-order chi connectivity index (χ1) is 11.1. The van der Waals surface area contributed by atoms with Crippen LogP contribution in [0.1, 0.15) is 28.0 Å². The monoisotopic (exact) mass is 331 g/mol. The number of ether oxygens (including phenoxy) is 1. The summed E-state index contributed by atoms with van der Waals surface area (Å²) in [7, 11) is 0. The Balaban J connectivity index is 1.77. The molecule has 0 fully saturated rings. The summed E-state index contributed by atoms with van der Waals surface area (Å²) in [5.41, 5.74) is 0.377. The Morgan fingerprint density at radius 1 is 1.35 bits per heavy atom. The lowest BCUT2D eigenvalue weighted by Gasteiger charge is -2.04. The fourth-order valence-corrected chi connectivity index (χ4v) is 2.79. The molecule has 0 unspecified atom stereocenters. The molecule has 0 aliphatic heterocycles. The third-order valence-electron chi connectivity index (χ3n) is 3.10. The quantitative estimate of drug-likeness (QED) is 0.732. The molecule has 0 amide bonds. The maximum atomic E-state index is 12.0. The molecule has 1 aromatic carbocycles. The van der Waals surface area contributed by atoms with Gasteiger partial charge in [-0.2, -0.15) is 9.61 Å². The Hall–Kier alpha value is -2.74. The first-order valence-corrected chi connectivity index (χ1v) is 7.73. The molecule has 0 saturated carbocycles. The van der Waals surface area contributed by atoms with E-state index in [4.69, 9.17) is 4.74 Å². The van der Waals surface area contributed by atoms with E-state index in [2.05, 4.69) is 10.1 Å². The second kappa shape index (κ2) is 6.17. The molecule has 3 rings (SSSR count). The van der Waals surface area contributed by atoms with Crippen LogP contribution in [0.25, 0.3) is 4.96 Å². The summed E-state index contributed by atoms with van der Waals surface area (Å²) in [6.45, 7) is 1.84. The predicted molar refractivity (Wildman–Crippen MR) is 83.7 cm³/mol. The van der Waals surface area contributed by atoms with E-state index in [0.717, 1.165) is 11.4 Å². The summed E-state index contributed by atoms with van der Waals surface area (Å²) in [4.78, 5) is 28.6. The topological polar surface area (TPSA) is 93.8 Å². The van der Waals surface area contributed by atoms with Crippen LogP contribution in [0.5, 0.6) is 5.75 Å². The standard InChI is InChI=1S/C15H13N3O4S/c1-2-12-17-18-13(20)7-10(16-15(18)23-12)8-22-14(21)9-3-5-11(19)6-4-9/h3-7,19H,2,8H2,1H3. The van der Waals surface area contributed by atoms with Crippen LogP contribution >= 0.6 is 11.3 Å². The third-order valence-corrected chi connectivity index (χ3v) is 4.15. The third kappa shape index (κ3) is 3.21. The Labute approximate surface area is 134 Å². The van der Waals surface area contributed by atoms with Gasteiger partial charge in [-0.15, -0.1) is 0 Å². The van der Waals surface area contributed by atoms with Gasteiger partial charge in [0.05, 0.1) is 11.3 Å². The molecule has 0 aliphatic carbocycles. The zero-order chi connectivity index (χ0) is 16.4. The molecule has 0 radical (unpaired) electrons. The van der Waals surface area contributed by atoms with E-state index in [9.17, 15) is 14.7 Å². The number of rotatable bonds is 4. The van der Waals surface area contributed by atoms with Crippen LogP contribution < -0.4 is 5.56 Å². The van der Waals surface area contributed by atoms with E-state index in [1.807, 2.05) is 6.92 Å². The highest BCUT2D eigenvalue weighted by atomic mass is 32.1. The van der Waals surface area contributed by atoms with E-state index < -0.39 is 5.97 Å². The van der Waals surface area contributed by atoms with Crippen LogP contribution in [0.2, 0.25) is 0 Å². The summed E-state index contributed by atoms with van der Waals surface area (Å²) in [5.74, 6) is -0.482. The SMILES string of the molecule is CCc1nn2c(=O)cc(COC(=O)c3ccc(O)cc3)nc2s1. The van der Waals surface area contributed by atoms with E-state index in [-0.39, 0.29) is 17.9 Å². The van der Waals surface area contributed by atoms with Gasteiger partial charge in [0.15, 0.2) is 0 Å². The van der Waals surface area contributed by atoms with Crippen molar-refractivity contribution < 1.29 is 14.6 Å². The lowest BCUT2D eigenvalue weighted by molar-refractivity contribution is 0.0468. The Bertz CT molecular complexity index is 915. The van der Waals surface area contributed by atoms with Crippen molar-refractivity contribution in [1.29, 1.82) is 0 Å². The van der Waals surface area contributed by atoms with Gasteiger partial charge in [0, 0.05) is 6.07 Å². The molecule has 0 saturated heterocycles. The van der Waals surface area contributed by atoms with Gasteiger partial charge in [-0.3, -0.25) is 4.79 Å². The van der Waals surface area contributed by atoms with Crippen molar-refractivity contribution >= 4 is 22.3 Å². The van der Waals surface area contributed by atoms with Crippen molar-refractivity contribution in [3.05, 3.63) is 57.0 Å². The molecule has 0 atom stereocenters. The van der Waals surface area contributed by atoms with Crippen molar-refractivity contribution in [2.45, 2.75) is 20.0 Å². The van der Waals surface area contributed by atoms with Gasteiger partial charge in [0.25, 0.3) is 5.56 Å². The van der Waals surface area contributed by atoms with Crippen LogP contribution in [0, 0.1) is 0 Å².